The summed E-state index contributed by atoms with van der Waals surface area (Å²) in [5.41, 5.74) is 0. The molecule has 2 rings (SSSR count). The summed E-state index contributed by atoms with van der Waals surface area (Å²) in [6, 6.07) is 0. The number of carbonyl (C=O) groups excluding carboxylic acids is 3. The van der Waals surface area contributed by atoms with E-state index in [0.717, 1.165) is 64.2 Å². The average Bonchev–Trinajstić information content (AvgIpc) is 3.62. The first-order chi connectivity index (χ1) is 21.3. The van der Waals surface area contributed by atoms with Crippen molar-refractivity contribution in [2.75, 3.05) is 0 Å². The van der Waals surface area contributed by atoms with E-state index in [1.165, 1.54) is 58.3 Å². The van der Waals surface area contributed by atoms with Gasteiger partial charge in [-0.05, 0) is 84.0 Å². The molecule has 0 amide bonds. The van der Waals surface area contributed by atoms with Crippen molar-refractivity contribution in [1.82, 2.24) is 0 Å². The third-order valence-electron chi connectivity index (χ3n) is 9.35. The number of carbonyl (C=O) groups is 3. The molecule has 0 radical (unpaired) electrons. The van der Waals surface area contributed by atoms with E-state index in [2.05, 4.69) is 19.1 Å². The van der Waals surface area contributed by atoms with Gasteiger partial charge in [-0.2, -0.15) is 0 Å². The van der Waals surface area contributed by atoms with Gasteiger partial charge in [0.2, 0.25) is 0 Å². The van der Waals surface area contributed by atoms with Crippen LogP contribution < -0.4 is 0 Å². The molecule has 2 N–H and O–H groups in total. The number of hydrogen-bond donors (Lipinski definition) is 2. The van der Waals surface area contributed by atoms with E-state index in [-0.39, 0.29) is 48.2 Å². The lowest BCUT2D eigenvalue weighted by Crippen LogP contribution is -2.31. The number of aliphatic hydroxyl groups is 2. The largest absolute Gasteiger partial charge is 0.462 e. The highest BCUT2D eigenvalue weighted by Crippen LogP contribution is 2.29. The van der Waals surface area contributed by atoms with Crippen LogP contribution >= 0.6 is 0 Å². The standard InChI is InChI=1S/C37H64O7/c1-3-4-5-6-7-8-9-10-11-12-13-16-23-33(40)35-25-26-36(44-35)34(41)24-17-14-15-20-31(39)21-18-19-22-32-28-30(27-29(2)38)37(42)43-32/h12-13,30,32-36,40-41H,3-11,14-28H2,1-2H3/b13-12-/t30-,32+,33+,34+,35+,36+/m0/s1. The van der Waals surface area contributed by atoms with Gasteiger partial charge in [0.1, 0.15) is 17.7 Å². The van der Waals surface area contributed by atoms with Crippen LogP contribution in [0.3, 0.4) is 0 Å². The smallest absolute Gasteiger partial charge is 0.309 e. The SMILES string of the molecule is CCCCCCCCCC/C=C\CC[C@@H](O)[C@H]1CC[C@H]([C@H](O)CCCCCC(=O)CCCC[C@@H]2C[C@H](CC(C)=O)C(=O)O2)O1. The minimum Gasteiger partial charge on any atom is -0.462 e. The second-order valence-electron chi connectivity index (χ2n) is 13.5. The van der Waals surface area contributed by atoms with E-state index in [1.54, 1.807) is 0 Å². The van der Waals surface area contributed by atoms with Gasteiger partial charge in [0.15, 0.2) is 0 Å². The molecule has 0 saturated carbocycles. The van der Waals surface area contributed by atoms with Crippen molar-refractivity contribution in [2.45, 2.75) is 198 Å². The quantitative estimate of drug-likeness (QED) is 0.0542. The van der Waals surface area contributed by atoms with Crippen molar-refractivity contribution < 1.29 is 34.1 Å². The molecular formula is C37H64O7. The first-order valence-electron chi connectivity index (χ1n) is 18.2. The van der Waals surface area contributed by atoms with Gasteiger partial charge in [-0.3, -0.25) is 9.59 Å². The van der Waals surface area contributed by atoms with Crippen molar-refractivity contribution in [3.8, 4) is 0 Å². The molecule has 0 spiro atoms. The van der Waals surface area contributed by atoms with Crippen LogP contribution in [0.4, 0.5) is 0 Å². The molecule has 2 aliphatic rings. The van der Waals surface area contributed by atoms with E-state index in [0.29, 0.717) is 32.1 Å². The van der Waals surface area contributed by atoms with Crippen LogP contribution in [0.2, 0.25) is 0 Å². The summed E-state index contributed by atoms with van der Waals surface area (Å²) < 4.78 is 11.4. The number of allylic oxidation sites excluding steroid dienone is 2. The molecule has 2 fully saturated rings. The zero-order valence-electron chi connectivity index (χ0n) is 28.0. The molecule has 44 heavy (non-hydrogen) atoms. The number of Topliss-reactive ketones (excluding diaryl/α,β-unsaturated/α-hetero) is 2. The lowest BCUT2D eigenvalue weighted by Gasteiger charge is -2.22. The van der Waals surface area contributed by atoms with Crippen LogP contribution in [-0.4, -0.2) is 58.3 Å². The number of esters is 1. The molecule has 2 heterocycles. The minimum absolute atomic E-state index is 0.0153. The first kappa shape index (κ1) is 38.6. The highest BCUT2D eigenvalue weighted by Gasteiger charge is 2.35. The van der Waals surface area contributed by atoms with Crippen molar-refractivity contribution in [2.24, 2.45) is 5.92 Å². The minimum atomic E-state index is -0.519. The Morgan fingerprint density at radius 3 is 2.07 bits per heavy atom. The number of aliphatic hydroxyl groups excluding tert-OH is 2. The van der Waals surface area contributed by atoms with Crippen LogP contribution in [0.1, 0.15) is 168 Å². The van der Waals surface area contributed by atoms with Crippen molar-refractivity contribution in [3.05, 3.63) is 12.2 Å². The molecular weight excluding hydrogens is 556 g/mol. The lowest BCUT2D eigenvalue weighted by atomic mass is 9.96. The third-order valence-corrected chi connectivity index (χ3v) is 9.35. The first-order valence-corrected chi connectivity index (χ1v) is 18.2. The Bertz CT molecular complexity index is 825. The van der Waals surface area contributed by atoms with Gasteiger partial charge in [-0.25, -0.2) is 0 Å². The fraction of sp³-hybridized carbons (Fsp3) is 0.865. The van der Waals surface area contributed by atoms with Crippen molar-refractivity contribution in [3.63, 3.8) is 0 Å². The topological polar surface area (TPSA) is 110 Å². The number of ketones is 2. The van der Waals surface area contributed by atoms with Gasteiger partial charge in [0.05, 0.1) is 30.3 Å². The highest BCUT2D eigenvalue weighted by atomic mass is 16.6. The van der Waals surface area contributed by atoms with Crippen LogP contribution in [-0.2, 0) is 23.9 Å². The Labute approximate surface area is 267 Å². The van der Waals surface area contributed by atoms with Crippen LogP contribution in [0, 0.1) is 5.92 Å². The van der Waals surface area contributed by atoms with Gasteiger partial charge in [-0.15, -0.1) is 0 Å². The molecule has 0 aromatic rings. The summed E-state index contributed by atoms with van der Waals surface area (Å²) in [6.07, 6.45) is 25.6. The van der Waals surface area contributed by atoms with Gasteiger partial charge in [0.25, 0.3) is 0 Å². The van der Waals surface area contributed by atoms with Gasteiger partial charge < -0.3 is 24.5 Å². The summed E-state index contributed by atoms with van der Waals surface area (Å²) >= 11 is 0. The molecule has 6 atom stereocenters. The van der Waals surface area contributed by atoms with E-state index in [1.807, 2.05) is 0 Å². The van der Waals surface area contributed by atoms with Crippen LogP contribution in [0.5, 0.6) is 0 Å². The number of rotatable bonds is 27. The second-order valence-corrected chi connectivity index (χ2v) is 13.5. The van der Waals surface area contributed by atoms with E-state index in [4.69, 9.17) is 9.47 Å². The molecule has 2 saturated heterocycles. The van der Waals surface area contributed by atoms with Crippen molar-refractivity contribution >= 4 is 17.5 Å². The third kappa shape index (κ3) is 17.2. The van der Waals surface area contributed by atoms with Gasteiger partial charge in [-0.1, -0.05) is 76.9 Å². The summed E-state index contributed by atoms with van der Waals surface area (Å²) in [6.45, 7) is 3.76. The molecule has 0 unspecified atom stereocenters. The van der Waals surface area contributed by atoms with Crippen molar-refractivity contribution in [1.29, 1.82) is 0 Å². The molecule has 0 bridgehead atoms. The Balaban J connectivity index is 1.42. The molecule has 0 aromatic carbocycles. The predicted octanol–water partition coefficient (Wildman–Crippen LogP) is 8.11. The van der Waals surface area contributed by atoms with Crippen LogP contribution in [0.25, 0.3) is 0 Å². The summed E-state index contributed by atoms with van der Waals surface area (Å²) in [4.78, 5) is 35.3. The fourth-order valence-electron chi connectivity index (χ4n) is 6.61. The maximum Gasteiger partial charge on any atom is 0.309 e. The summed E-state index contributed by atoms with van der Waals surface area (Å²) in [7, 11) is 0. The molecule has 0 aliphatic carbocycles. The molecule has 0 aromatic heterocycles. The lowest BCUT2D eigenvalue weighted by molar-refractivity contribution is -0.145. The average molecular weight is 621 g/mol. The normalized spacial score (nSPS) is 23.3. The Morgan fingerprint density at radius 2 is 1.39 bits per heavy atom. The maximum atomic E-state index is 12.3. The fourth-order valence-corrected chi connectivity index (χ4v) is 6.61. The number of hydrogen-bond acceptors (Lipinski definition) is 7. The van der Waals surface area contributed by atoms with Gasteiger partial charge in [0, 0.05) is 19.3 Å². The van der Waals surface area contributed by atoms with E-state index in [9.17, 15) is 24.6 Å². The van der Waals surface area contributed by atoms with E-state index < -0.39 is 12.2 Å². The molecule has 7 nitrogen and oxygen atoms in total. The number of unbranched alkanes of at least 4 members (excludes halogenated alkanes) is 11. The predicted molar refractivity (Wildman–Crippen MR) is 175 cm³/mol. The molecule has 2 aliphatic heterocycles. The Kier molecular flexibility index (Phi) is 20.8. The Morgan fingerprint density at radius 1 is 0.795 bits per heavy atom. The zero-order chi connectivity index (χ0) is 32.0. The number of cyclic esters (lactones) is 1. The number of ether oxygens (including phenoxy) is 2. The van der Waals surface area contributed by atoms with E-state index >= 15 is 0 Å². The second kappa shape index (κ2) is 23.7. The zero-order valence-corrected chi connectivity index (χ0v) is 28.0. The van der Waals surface area contributed by atoms with Gasteiger partial charge >= 0.3 is 5.97 Å². The molecule has 254 valence electrons. The summed E-state index contributed by atoms with van der Waals surface area (Å²) in [5.74, 6) is -0.271. The highest BCUT2D eigenvalue weighted by molar-refractivity contribution is 5.83. The molecule has 7 heteroatoms. The summed E-state index contributed by atoms with van der Waals surface area (Å²) in [5, 5.41) is 21.2. The van der Waals surface area contributed by atoms with Crippen LogP contribution in [0.15, 0.2) is 12.2 Å². The maximum absolute atomic E-state index is 12.3. The monoisotopic (exact) mass is 620 g/mol. The Hall–Kier alpha value is -1.57.